The van der Waals surface area contributed by atoms with Gasteiger partial charge in [-0.3, -0.25) is 9.59 Å². The summed E-state index contributed by atoms with van der Waals surface area (Å²) in [5.74, 6) is -2.04. The number of nitrogens with zero attached hydrogens (tertiary/aromatic N) is 2. The van der Waals surface area contributed by atoms with Crippen molar-refractivity contribution in [3.63, 3.8) is 0 Å². The molecule has 8 heteroatoms. The Labute approximate surface area is 153 Å². The number of anilines is 3. The lowest BCUT2D eigenvalue weighted by molar-refractivity contribution is 0.101. The fraction of sp³-hybridized carbons (Fsp3) is 0.0526. The molecule has 2 aromatic carbocycles. The normalized spacial score (nSPS) is 10.3. The SMILES string of the molecule is CC(=O)c1ccc(NC(=O)c2cnc(Nc3c(F)cccc3F)cn2)cc1. The molecule has 0 saturated heterocycles. The van der Waals surface area contributed by atoms with Gasteiger partial charge in [-0.1, -0.05) is 6.07 Å². The van der Waals surface area contributed by atoms with Crippen LogP contribution in [0, 0.1) is 11.6 Å². The number of ketones is 1. The molecule has 1 aromatic heterocycles. The van der Waals surface area contributed by atoms with Gasteiger partial charge in [-0.2, -0.15) is 0 Å². The first-order chi connectivity index (χ1) is 12.9. The number of amides is 1. The minimum absolute atomic E-state index is 0.0187. The molecule has 1 amide bonds. The third-order valence-electron chi connectivity index (χ3n) is 3.65. The van der Waals surface area contributed by atoms with Gasteiger partial charge in [0.05, 0.1) is 12.4 Å². The predicted octanol–water partition coefficient (Wildman–Crippen LogP) is 3.95. The Morgan fingerprint density at radius 3 is 2.15 bits per heavy atom. The van der Waals surface area contributed by atoms with Crippen molar-refractivity contribution in [2.45, 2.75) is 6.92 Å². The zero-order valence-electron chi connectivity index (χ0n) is 14.2. The van der Waals surface area contributed by atoms with Crippen molar-refractivity contribution in [2.24, 2.45) is 0 Å². The maximum Gasteiger partial charge on any atom is 0.275 e. The summed E-state index contributed by atoms with van der Waals surface area (Å²) in [6, 6.07) is 9.85. The van der Waals surface area contributed by atoms with Crippen LogP contribution >= 0.6 is 0 Å². The van der Waals surface area contributed by atoms with E-state index in [4.69, 9.17) is 0 Å². The monoisotopic (exact) mass is 368 g/mol. The van der Waals surface area contributed by atoms with Gasteiger partial charge in [0.2, 0.25) is 0 Å². The van der Waals surface area contributed by atoms with Gasteiger partial charge in [0.15, 0.2) is 5.78 Å². The molecule has 0 radical (unpaired) electrons. The maximum absolute atomic E-state index is 13.6. The summed E-state index contributed by atoms with van der Waals surface area (Å²) in [5.41, 5.74) is 0.686. The minimum atomic E-state index is -0.771. The van der Waals surface area contributed by atoms with Crippen LogP contribution in [0.4, 0.5) is 26.0 Å². The van der Waals surface area contributed by atoms with E-state index in [2.05, 4.69) is 20.6 Å². The molecule has 0 atom stereocenters. The Morgan fingerprint density at radius 2 is 1.59 bits per heavy atom. The second-order valence-corrected chi connectivity index (χ2v) is 5.60. The van der Waals surface area contributed by atoms with Gasteiger partial charge < -0.3 is 10.6 Å². The van der Waals surface area contributed by atoms with Crippen LogP contribution in [0.2, 0.25) is 0 Å². The lowest BCUT2D eigenvalue weighted by Gasteiger charge is -2.08. The molecule has 1 heterocycles. The Kier molecular flexibility index (Phi) is 5.16. The topological polar surface area (TPSA) is 84.0 Å². The highest BCUT2D eigenvalue weighted by molar-refractivity contribution is 6.03. The molecule has 0 aliphatic heterocycles. The summed E-state index contributed by atoms with van der Waals surface area (Å²) in [4.78, 5) is 31.3. The smallest absolute Gasteiger partial charge is 0.275 e. The molecule has 2 N–H and O–H groups in total. The molecule has 0 aliphatic carbocycles. The van der Waals surface area contributed by atoms with Gasteiger partial charge in [0, 0.05) is 11.3 Å². The summed E-state index contributed by atoms with van der Waals surface area (Å²) >= 11 is 0. The van der Waals surface area contributed by atoms with Gasteiger partial charge >= 0.3 is 0 Å². The van der Waals surface area contributed by atoms with Crippen molar-refractivity contribution < 1.29 is 18.4 Å². The van der Waals surface area contributed by atoms with Crippen LogP contribution in [0.5, 0.6) is 0 Å². The number of hydrogen-bond donors (Lipinski definition) is 2. The van der Waals surface area contributed by atoms with Crippen molar-refractivity contribution in [2.75, 3.05) is 10.6 Å². The average molecular weight is 368 g/mol. The van der Waals surface area contributed by atoms with Crippen LogP contribution in [0.1, 0.15) is 27.8 Å². The lowest BCUT2D eigenvalue weighted by atomic mass is 10.1. The lowest BCUT2D eigenvalue weighted by Crippen LogP contribution is -2.14. The number of rotatable bonds is 5. The van der Waals surface area contributed by atoms with E-state index in [9.17, 15) is 18.4 Å². The first-order valence-electron chi connectivity index (χ1n) is 7.89. The maximum atomic E-state index is 13.6. The number of benzene rings is 2. The molecular weight excluding hydrogens is 354 g/mol. The van der Waals surface area contributed by atoms with Crippen LogP contribution in [0.25, 0.3) is 0 Å². The van der Waals surface area contributed by atoms with Crippen LogP contribution in [0.3, 0.4) is 0 Å². The number of halogens is 2. The molecule has 0 spiro atoms. The largest absolute Gasteiger partial charge is 0.334 e. The molecule has 0 unspecified atom stereocenters. The van der Waals surface area contributed by atoms with E-state index in [1.165, 1.54) is 25.4 Å². The molecule has 0 aliphatic rings. The number of hydrogen-bond acceptors (Lipinski definition) is 5. The minimum Gasteiger partial charge on any atom is -0.334 e. The highest BCUT2D eigenvalue weighted by Crippen LogP contribution is 2.21. The third-order valence-corrected chi connectivity index (χ3v) is 3.65. The van der Waals surface area contributed by atoms with E-state index < -0.39 is 17.5 Å². The predicted molar refractivity (Wildman–Crippen MR) is 96.1 cm³/mol. The quantitative estimate of drug-likeness (QED) is 0.666. The van der Waals surface area contributed by atoms with E-state index >= 15 is 0 Å². The molecule has 6 nitrogen and oxygen atoms in total. The Morgan fingerprint density at radius 1 is 0.926 bits per heavy atom. The van der Waals surface area contributed by atoms with Crippen molar-refractivity contribution in [1.82, 2.24) is 9.97 Å². The molecule has 27 heavy (non-hydrogen) atoms. The summed E-state index contributed by atoms with van der Waals surface area (Å²) in [7, 11) is 0. The average Bonchev–Trinajstić information content (AvgIpc) is 2.66. The second-order valence-electron chi connectivity index (χ2n) is 5.60. The molecule has 3 rings (SSSR count). The Balaban J connectivity index is 1.69. The summed E-state index contributed by atoms with van der Waals surface area (Å²) in [5, 5.41) is 5.10. The van der Waals surface area contributed by atoms with Crippen LogP contribution < -0.4 is 10.6 Å². The van der Waals surface area contributed by atoms with Gasteiger partial charge in [-0.15, -0.1) is 0 Å². The molecule has 0 fully saturated rings. The van der Waals surface area contributed by atoms with Crippen molar-refractivity contribution in [3.05, 3.63) is 77.8 Å². The zero-order valence-corrected chi connectivity index (χ0v) is 14.2. The fourth-order valence-electron chi connectivity index (χ4n) is 2.24. The van der Waals surface area contributed by atoms with Crippen molar-refractivity contribution in [1.29, 1.82) is 0 Å². The molecule has 0 saturated carbocycles. The summed E-state index contributed by atoms with van der Waals surface area (Å²) in [6.45, 7) is 1.45. The van der Waals surface area contributed by atoms with Gasteiger partial charge in [-0.25, -0.2) is 18.7 Å². The number of aromatic nitrogens is 2. The van der Waals surface area contributed by atoms with E-state index in [-0.39, 0.29) is 23.0 Å². The van der Waals surface area contributed by atoms with E-state index in [0.29, 0.717) is 11.3 Å². The molecule has 3 aromatic rings. The first kappa shape index (κ1) is 18.1. The van der Waals surface area contributed by atoms with E-state index in [1.807, 2.05) is 0 Å². The van der Waals surface area contributed by atoms with Gasteiger partial charge in [0.1, 0.15) is 28.8 Å². The van der Waals surface area contributed by atoms with Crippen LogP contribution in [-0.2, 0) is 0 Å². The molecule has 0 bridgehead atoms. The van der Waals surface area contributed by atoms with E-state index in [1.54, 1.807) is 24.3 Å². The highest BCUT2D eigenvalue weighted by atomic mass is 19.1. The second kappa shape index (κ2) is 7.69. The molecular formula is C19H14F2N4O2. The third kappa shape index (κ3) is 4.30. The Bertz CT molecular complexity index is 969. The fourth-order valence-corrected chi connectivity index (χ4v) is 2.24. The highest BCUT2D eigenvalue weighted by Gasteiger charge is 2.12. The number of nitrogens with one attached hydrogen (secondary N) is 2. The van der Waals surface area contributed by atoms with Crippen molar-refractivity contribution in [3.8, 4) is 0 Å². The van der Waals surface area contributed by atoms with Crippen molar-refractivity contribution >= 4 is 28.9 Å². The number of para-hydroxylation sites is 1. The number of Topliss-reactive ketones (excluding diaryl/α,β-unsaturated/α-hetero) is 1. The first-order valence-corrected chi connectivity index (χ1v) is 7.89. The van der Waals surface area contributed by atoms with Gasteiger partial charge in [-0.05, 0) is 43.3 Å². The van der Waals surface area contributed by atoms with Gasteiger partial charge in [0.25, 0.3) is 5.91 Å². The zero-order chi connectivity index (χ0) is 19.4. The molecule has 136 valence electrons. The number of carbonyl (C=O) groups excluding carboxylic acids is 2. The van der Waals surface area contributed by atoms with Crippen LogP contribution in [-0.4, -0.2) is 21.7 Å². The number of carbonyl (C=O) groups is 2. The standard InChI is InChI=1S/C19H14F2N4O2/c1-11(26)12-5-7-13(8-6-12)24-19(27)16-9-23-17(10-22-16)25-18-14(20)3-2-4-15(18)21/h2-10H,1H3,(H,23,25)(H,24,27). The summed E-state index contributed by atoms with van der Waals surface area (Å²) < 4.78 is 27.3. The summed E-state index contributed by atoms with van der Waals surface area (Å²) in [6.07, 6.45) is 2.37. The van der Waals surface area contributed by atoms with Crippen LogP contribution in [0.15, 0.2) is 54.9 Å². The van der Waals surface area contributed by atoms with E-state index in [0.717, 1.165) is 12.1 Å². The Hall–Kier alpha value is -3.68.